The van der Waals surface area contributed by atoms with Gasteiger partial charge < -0.3 is 9.88 Å². The summed E-state index contributed by atoms with van der Waals surface area (Å²) in [5, 5.41) is 7.39. The lowest BCUT2D eigenvalue weighted by atomic mass is 10.1. The lowest BCUT2D eigenvalue weighted by molar-refractivity contribution is -0.121. The zero-order valence-electron chi connectivity index (χ0n) is 13.1. The van der Waals surface area contributed by atoms with Gasteiger partial charge in [-0.1, -0.05) is 0 Å². The molecule has 21 heavy (non-hydrogen) atoms. The van der Waals surface area contributed by atoms with E-state index in [0.717, 1.165) is 24.4 Å². The average Bonchev–Trinajstić information content (AvgIpc) is 2.98. The van der Waals surface area contributed by atoms with Crippen molar-refractivity contribution in [3.8, 4) is 0 Å². The second kappa shape index (κ2) is 6.56. The molecule has 114 valence electrons. The van der Waals surface area contributed by atoms with Crippen LogP contribution in [0.4, 0.5) is 0 Å². The van der Waals surface area contributed by atoms with Crippen molar-refractivity contribution in [2.24, 2.45) is 7.05 Å². The highest BCUT2D eigenvalue weighted by molar-refractivity contribution is 5.76. The van der Waals surface area contributed by atoms with Gasteiger partial charge in [0, 0.05) is 44.1 Å². The number of aromatic nitrogens is 4. The van der Waals surface area contributed by atoms with E-state index < -0.39 is 0 Å². The van der Waals surface area contributed by atoms with Crippen LogP contribution in [0, 0.1) is 13.8 Å². The van der Waals surface area contributed by atoms with E-state index >= 15 is 0 Å². The lowest BCUT2D eigenvalue weighted by Gasteiger charge is -2.14. The SMILES string of the molecule is Cc1nn(C)c(C)c1CCC(=O)N[C@H](C)Cn1ccnc1. The monoisotopic (exact) mass is 289 g/mol. The van der Waals surface area contributed by atoms with E-state index in [4.69, 9.17) is 0 Å². The van der Waals surface area contributed by atoms with Gasteiger partial charge in [0.2, 0.25) is 5.91 Å². The summed E-state index contributed by atoms with van der Waals surface area (Å²) < 4.78 is 3.82. The molecule has 0 bridgehead atoms. The second-order valence-corrected chi connectivity index (χ2v) is 5.50. The molecule has 0 aromatic carbocycles. The lowest BCUT2D eigenvalue weighted by Crippen LogP contribution is -2.35. The molecule has 1 atom stereocenters. The highest BCUT2D eigenvalue weighted by Gasteiger charge is 2.12. The molecule has 0 radical (unpaired) electrons. The highest BCUT2D eigenvalue weighted by atomic mass is 16.1. The van der Waals surface area contributed by atoms with Crippen LogP contribution in [0.15, 0.2) is 18.7 Å². The summed E-state index contributed by atoms with van der Waals surface area (Å²) >= 11 is 0. The molecule has 2 rings (SSSR count). The Balaban J connectivity index is 1.82. The number of amides is 1. The number of rotatable bonds is 6. The molecule has 0 spiro atoms. The first-order valence-corrected chi connectivity index (χ1v) is 7.21. The third-order valence-corrected chi connectivity index (χ3v) is 3.71. The summed E-state index contributed by atoms with van der Waals surface area (Å²) in [5.74, 6) is 0.0743. The van der Waals surface area contributed by atoms with Crippen molar-refractivity contribution in [2.75, 3.05) is 0 Å². The van der Waals surface area contributed by atoms with Gasteiger partial charge in [0.25, 0.3) is 0 Å². The molecule has 6 nitrogen and oxygen atoms in total. The van der Waals surface area contributed by atoms with Gasteiger partial charge >= 0.3 is 0 Å². The molecule has 0 unspecified atom stereocenters. The van der Waals surface area contributed by atoms with Crippen LogP contribution in [0.2, 0.25) is 0 Å². The largest absolute Gasteiger partial charge is 0.352 e. The average molecular weight is 289 g/mol. The molecule has 0 aliphatic rings. The van der Waals surface area contributed by atoms with Crippen molar-refractivity contribution in [2.45, 2.75) is 46.2 Å². The summed E-state index contributed by atoms with van der Waals surface area (Å²) in [5.41, 5.74) is 3.32. The van der Waals surface area contributed by atoms with E-state index in [1.54, 1.807) is 12.5 Å². The van der Waals surface area contributed by atoms with Crippen LogP contribution in [0.3, 0.4) is 0 Å². The Morgan fingerprint density at radius 1 is 1.43 bits per heavy atom. The summed E-state index contributed by atoms with van der Waals surface area (Å²) in [4.78, 5) is 16.0. The fourth-order valence-electron chi connectivity index (χ4n) is 2.52. The summed E-state index contributed by atoms with van der Waals surface area (Å²) in [7, 11) is 1.93. The fourth-order valence-corrected chi connectivity index (χ4v) is 2.52. The third kappa shape index (κ3) is 3.93. The van der Waals surface area contributed by atoms with Crippen LogP contribution in [0.25, 0.3) is 0 Å². The Labute approximate surface area is 125 Å². The molecule has 0 fully saturated rings. The van der Waals surface area contributed by atoms with Crippen LogP contribution in [0.1, 0.15) is 30.3 Å². The van der Waals surface area contributed by atoms with E-state index in [0.29, 0.717) is 6.42 Å². The smallest absolute Gasteiger partial charge is 0.220 e. The first-order chi connectivity index (χ1) is 9.97. The van der Waals surface area contributed by atoms with Crippen LogP contribution in [-0.4, -0.2) is 31.3 Å². The van der Waals surface area contributed by atoms with Crippen molar-refractivity contribution in [3.63, 3.8) is 0 Å². The standard InChI is InChI=1S/C15H23N5O/c1-11(9-20-8-7-16-10-20)17-15(21)6-5-14-12(2)18-19(4)13(14)3/h7-8,10-11H,5-6,9H2,1-4H3,(H,17,21)/t11-/m1/s1. The van der Waals surface area contributed by atoms with Gasteiger partial charge in [0.05, 0.1) is 12.0 Å². The molecule has 1 amide bonds. The van der Waals surface area contributed by atoms with Gasteiger partial charge in [-0.25, -0.2) is 4.98 Å². The molecule has 0 saturated carbocycles. The fraction of sp³-hybridized carbons (Fsp3) is 0.533. The number of imidazole rings is 1. The zero-order chi connectivity index (χ0) is 15.4. The topological polar surface area (TPSA) is 64.7 Å². The van der Waals surface area contributed by atoms with Crippen molar-refractivity contribution >= 4 is 5.91 Å². The predicted octanol–water partition coefficient (Wildman–Crippen LogP) is 1.37. The number of aryl methyl sites for hydroxylation is 2. The minimum atomic E-state index is 0.0743. The normalized spacial score (nSPS) is 12.4. The Kier molecular flexibility index (Phi) is 4.77. The number of hydrogen-bond acceptors (Lipinski definition) is 3. The van der Waals surface area contributed by atoms with Gasteiger partial charge in [-0.15, -0.1) is 0 Å². The van der Waals surface area contributed by atoms with Crippen LogP contribution in [0.5, 0.6) is 0 Å². The molecule has 0 aliphatic heterocycles. The number of nitrogens with zero attached hydrogens (tertiary/aromatic N) is 4. The first-order valence-electron chi connectivity index (χ1n) is 7.21. The van der Waals surface area contributed by atoms with Gasteiger partial charge in [0.15, 0.2) is 0 Å². The minimum absolute atomic E-state index is 0.0743. The molecule has 0 saturated heterocycles. The van der Waals surface area contributed by atoms with Crippen molar-refractivity contribution in [1.29, 1.82) is 0 Å². The van der Waals surface area contributed by atoms with Gasteiger partial charge in [-0.05, 0) is 32.8 Å². The van der Waals surface area contributed by atoms with Crippen LogP contribution >= 0.6 is 0 Å². The number of carbonyl (C=O) groups excluding carboxylic acids is 1. The quantitative estimate of drug-likeness (QED) is 0.873. The van der Waals surface area contributed by atoms with Crippen LogP contribution < -0.4 is 5.32 Å². The van der Waals surface area contributed by atoms with Crippen molar-refractivity contribution in [3.05, 3.63) is 35.7 Å². The Morgan fingerprint density at radius 3 is 2.76 bits per heavy atom. The Bertz CT molecular complexity index is 600. The molecule has 2 aromatic rings. The van der Waals surface area contributed by atoms with E-state index in [-0.39, 0.29) is 11.9 Å². The molecule has 2 heterocycles. The molecule has 6 heteroatoms. The highest BCUT2D eigenvalue weighted by Crippen LogP contribution is 2.13. The molecule has 2 aromatic heterocycles. The summed E-state index contributed by atoms with van der Waals surface area (Å²) in [6.45, 7) is 6.76. The van der Waals surface area contributed by atoms with Crippen molar-refractivity contribution in [1.82, 2.24) is 24.6 Å². The van der Waals surface area contributed by atoms with Gasteiger partial charge in [-0.3, -0.25) is 9.48 Å². The van der Waals surface area contributed by atoms with E-state index in [2.05, 4.69) is 15.4 Å². The van der Waals surface area contributed by atoms with E-state index in [1.807, 2.05) is 43.3 Å². The van der Waals surface area contributed by atoms with Crippen molar-refractivity contribution < 1.29 is 4.79 Å². The maximum Gasteiger partial charge on any atom is 0.220 e. The third-order valence-electron chi connectivity index (χ3n) is 3.71. The molecule has 0 aliphatic carbocycles. The number of carbonyl (C=O) groups is 1. The predicted molar refractivity (Wildman–Crippen MR) is 80.8 cm³/mol. The number of nitrogens with one attached hydrogen (secondary N) is 1. The van der Waals surface area contributed by atoms with E-state index in [9.17, 15) is 4.79 Å². The van der Waals surface area contributed by atoms with E-state index in [1.165, 1.54) is 5.56 Å². The Hall–Kier alpha value is -2.11. The van der Waals surface area contributed by atoms with Crippen LogP contribution in [-0.2, 0) is 24.8 Å². The molecular formula is C15H23N5O. The van der Waals surface area contributed by atoms with Gasteiger partial charge in [-0.2, -0.15) is 5.10 Å². The van der Waals surface area contributed by atoms with Gasteiger partial charge in [0.1, 0.15) is 0 Å². The molecule has 1 N–H and O–H groups in total. The maximum absolute atomic E-state index is 12.0. The zero-order valence-corrected chi connectivity index (χ0v) is 13.1. The number of hydrogen-bond donors (Lipinski definition) is 1. The summed E-state index contributed by atoms with van der Waals surface area (Å²) in [6.07, 6.45) is 6.61. The Morgan fingerprint density at radius 2 is 2.19 bits per heavy atom. The maximum atomic E-state index is 12.0. The summed E-state index contributed by atoms with van der Waals surface area (Å²) in [6, 6.07) is 0.0859. The molecular weight excluding hydrogens is 266 g/mol. The second-order valence-electron chi connectivity index (χ2n) is 5.50. The minimum Gasteiger partial charge on any atom is -0.352 e. The first kappa shape index (κ1) is 15.3.